The minimum atomic E-state index is -4.19. The van der Waals surface area contributed by atoms with E-state index in [-0.39, 0.29) is 37.8 Å². The van der Waals surface area contributed by atoms with Gasteiger partial charge in [-0.3, -0.25) is 23.4 Å². The number of aromatic amines is 1. The van der Waals surface area contributed by atoms with Crippen LogP contribution in [0.2, 0.25) is 0 Å². The monoisotopic (exact) mass is 693 g/mol. The van der Waals surface area contributed by atoms with Crippen molar-refractivity contribution in [3.63, 3.8) is 0 Å². The van der Waals surface area contributed by atoms with E-state index in [4.69, 9.17) is 46.4 Å². The Kier molecular flexibility index (Phi) is 9.93. The first-order valence-corrected chi connectivity index (χ1v) is 17.2. The van der Waals surface area contributed by atoms with E-state index in [1.165, 1.54) is 10.9 Å². The number of anilines is 2. The topological polar surface area (TPSA) is 261 Å². The summed E-state index contributed by atoms with van der Waals surface area (Å²) in [6.45, 7) is -5.29. The van der Waals surface area contributed by atoms with Crippen molar-refractivity contribution in [2.75, 3.05) is 24.7 Å². The number of hydrogen-bond acceptors (Lipinski definition) is 15. The molecular formula is C21H26FN9O9P2S2. The number of thiol groups is 1. The van der Waals surface area contributed by atoms with Gasteiger partial charge in [0, 0.05) is 12.6 Å². The molecule has 2 saturated heterocycles. The Balaban J connectivity index is 0.00000123. The van der Waals surface area contributed by atoms with Crippen LogP contribution in [0.25, 0.3) is 22.2 Å². The van der Waals surface area contributed by atoms with Crippen LogP contribution in [0.15, 0.2) is 29.7 Å². The highest BCUT2D eigenvalue weighted by Gasteiger charge is 2.50. The molecule has 2 fully saturated rings. The molecule has 0 saturated carbocycles. The van der Waals surface area contributed by atoms with Gasteiger partial charge in [-0.2, -0.15) is 4.98 Å². The molecule has 6 rings (SSSR count). The summed E-state index contributed by atoms with van der Waals surface area (Å²) < 4.78 is 49.5. The number of fused-ring (bicyclic) bond motifs is 2. The maximum atomic E-state index is 15.3. The molecule has 23 heteroatoms. The van der Waals surface area contributed by atoms with Crippen molar-refractivity contribution in [3.8, 4) is 0 Å². The zero-order valence-electron chi connectivity index (χ0n) is 22.2. The third-order valence-electron chi connectivity index (χ3n) is 6.88. The predicted octanol–water partition coefficient (Wildman–Crippen LogP) is 0.347. The van der Waals surface area contributed by atoms with E-state index in [0.717, 1.165) is 6.33 Å². The molecule has 0 bridgehead atoms. The summed E-state index contributed by atoms with van der Waals surface area (Å²) in [5, 5.41) is 20.8. The molecule has 0 aromatic carbocycles. The molecule has 44 heavy (non-hydrogen) atoms. The number of aliphatic hydroxyl groups is 2. The fraction of sp³-hybridized carbons (Fsp3) is 0.476. The average molecular weight is 694 g/mol. The van der Waals surface area contributed by atoms with Gasteiger partial charge >= 0.3 is 6.72 Å². The third kappa shape index (κ3) is 6.49. The number of imidazole rings is 1. The maximum absolute atomic E-state index is 15.3. The molecule has 1 unspecified atom stereocenters. The number of alkyl halides is 1. The van der Waals surface area contributed by atoms with Crippen LogP contribution in [0.1, 0.15) is 18.9 Å². The molecule has 8 atom stereocenters. The van der Waals surface area contributed by atoms with Gasteiger partial charge in [0.05, 0.1) is 31.0 Å². The van der Waals surface area contributed by atoms with Crippen LogP contribution < -0.4 is 17.0 Å². The molecule has 238 valence electrons. The molecule has 4 aromatic heterocycles. The Bertz CT molecular complexity index is 1760. The molecular weight excluding hydrogens is 667 g/mol. The standard InChI is InChI=1S/C21H25FN9O8PS.HOPS/c22-13-10(4-32)38-20(31-7-27-14-18(31)28-21(24)29-19(14)34)15(13)39-40(35,41)36-5-11-9(33)3-12(37-11)30-2-1-8-16(23)25-6-26-17(8)30;1-2-3/h1-2,6-7,9-13,15,20,32-33H,3-5H2,(H,35,41)(H2,23,25,26)(H3,24,28,29,34);(H,1,3)/t9-,10+,11+,12+,13+,15+,20+,40?;/m0./s1. The van der Waals surface area contributed by atoms with Crippen LogP contribution in [0.4, 0.5) is 16.2 Å². The van der Waals surface area contributed by atoms with E-state index in [1.54, 1.807) is 16.8 Å². The second kappa shape index (κ2) is 13.4. The van der Waals surface area contributed by atoms with Crippen LogP contribution in [-0.2, 0) is 34.9 Å². The van der Waals surface area contributed by atoms with E-state index >= 15 is 4.39 Å². The van der Waals surface area contributed by atoms with Gasteiger partial charge < -0.3 is 45.1 Å². The number of nitrogens with two attached hydrogens (primary N) is 2. The SMILES string of the molecule is Nc1nc2c(ncn2[C@@H]2O[C@H](CO)[C@@H](F)[C@H]2OP(O)(=S)OC[C@H]2O[C@@H](n3ccc4c(N)ncnc43)C[C@@H]2O)c(=O)[nH]1.O=PS. The summed E-state index contributed by atoms with van der Waals surface area (Å²) in [4.78, 5) is 41.5. The predicted molar refractivity (Wildman–Crippen MR) is 159 cm³/mol. The highest BCUT2D eigenvalue weighted by Crippen LogP contribution is 2.51. The number of hydrogen-bond donors (Lipinski definition) is 7. The largest absolute Gasteiger partial charge is 0.394 e. The first kappa shape index (κ1) is 32.7. The lowest BCUT2D eigenvalue weighted by Gasteiger charge is -2.26. The number of halogens is 1. The molecule has 8 N–H and O–H groups in total. The Morgan fingerprint density at radius 2 is 2.00 bits per heavy atom. The van der Waals surface area contributed by atoms with Gasteiger partial charge in [0.15, 0.2) is 23.6 Å². The molecule has 6 heterocycles. The fourth-order valence-corrected chi connectivity index (χ4v) is 6.32. The number of rotatable bonds is 8. The number of nitrogens with zero attached hydrogens (tertiary/aromatic N) is 6. The van der Waals surface area contributed by atoms with Crippen molar-refractivity contribution < 1.29 is 42.6 Å². The van der Waals surface area contributed by atoms with Crippen LogP contribution in [-0.4, -0.2) is 93.0 Å². The first-order valence-electron chi connectivity index (χ1n) is 12.6. The molecule has 0 amide bonds. The smallest absolute Gasteiger partial charge is 0.325 e. The quantitative estimate of drug-likeness (QED) is 0.0970. The highest BCUT2D eigenvalue weighted by atomic mass is 32.7. The van der Waals surface area contributed by atoms with Crippen molar-refractivity contribution in [3.05, 3.63) is 35.3 Å². The Hall–Kier alpha value is -2.68. The highest BCUT2D eigenvalue weighted by molar-refractivity contribution is 8.33. The van der Waals surface area contributed by atoms with Crippen molar-refractivity contribution in [1.82, 2.24) is 34.1 Å². The number of ether oxygens (including phenoxy) is 2. The third-order valence-corrected chi connectivity index (χ3v) is 8.44. The summed E-state index contributed by atoms with van der Waals surface area (Å²) in [5.74, 6) is 0.0759. The van der Waals surface area contributed by atoms with Gasteiger partial charge in [0.2, 0.25) is 13.6 Å². The lowest BCUT2D eigenvalue weighted by molar-refractivity contribution is -0.0544. The minimum Gasteiger partial charge on any atom is -0.394 e. The van der Waals surface area contributed by atoms with Crippen LogP contribution in [0.5, 0.6) is 0 Å². The second-order valence-electron chi connectivity index (χ2n) is 9.53. The van der Waals surface area contributed by atoms with Gasteiger partial charge in [-0.25, -0.2) is 19.3 Å². The molecule has 0 radical (unpaired) electrons. The van der Waals surface area contributed by atoms with E-state index in [9.17, 15) is 19.9 Å². The number of nitrogens with one attached hydrogen (secondary N) is 1. The lowest BCUT2D eigenvalue weighted by atomic mass is 10.1. The van der Waals surface area contributed by atoms with E-state index in [0.29, 0.717) is 16.9 Å². The van der Waals surface area contributed by atoms with Crippen LogP contribution >= 0.6 is 26.6 Å². The van der Waals surface area contributed by atoms with Crippen molar-refractivity contribution in [1.29, 1.82) is 0 Å². The second-order valence-corrected chi connectivity index (χ2v) is 13.0. The van der Waals surface area contributed by atoms with Crippen molar-refractivity contribution in [2.24, 2.45) is 0 Å². The van der Waals surface area contributed by atoms with Gasteiger partial charge in [-0.15, -0.1) is 0 Å². The van der Waals surface area contributed by atoms with Gasteiger partial charge in [0.1, 0.15) is 42.3 Å². The lowest BCUT2D eigenvalue weighted by Crippen LogP contribution is -2.32. The Morgan fingerprint density at radius 1 is 1.25 bits per heavy atom. The van der Waals surface area contributed by atoms with Gasteiger partial charge in [-0.1, -0.05) is 12.2 Å². The fourth-order valence-electron chi connectivity index (χ4n) is 4.92. The number of aromatic nitrogens is 7. The van der Waals surface area contributed by atoms with E-state index in [2.05, 4.69) is 37.2 Å². The normalized spacial score (nSPS) is 28.3. The Morgan fingerprint density at radius 3 is 2.73 bits per heavy atom. The van der Waals surface area contributed by atoms with Crippen molar-refractivity contribution in [2.45, 2.75) is 49.5 Å². The molecule has 0 aliphatic carbocycles. The molecule has 2 aliphatic rings. The van der Waals surface area contributed by atoms with Gasteiger partial charge in [0.25, 0.3) is 5.56 Å². The number of aliphatic hydroxyl groups excluding tert-OH is 2. The van der Waals surface area contributed by atoms with Crippen LogP contribution in [0, 0.1) is 0 Å². The van der Waals surface area contributed by atoms with E-state index < -0.39 is 61.9 Å². The maximum Gasteiger partial charge on any atom is 0.325 e. The summed E-state index contributed by atoms with van der Waals surface area (Å²) in [6, 6.07) is 1.72. The number of H-pyrrole nitrogens is 1. The average Bonchev–Trinajstić information content (AvgIpc) is 3.74. The molecule has 0 spiro atoms. The summed E-state index contributed by atoms with van der Waals surface area (Å²) in [5.41, 5.74) is 11.3. The van der Waals surface area contributed by atoms with E-state index in [1.807, 2.05) is 0 Å². The zero-order valence-corrected chi connectivity index (χ0v) is 25.7. The molecule has 18 nitrogen and oxygen atoms in total. The van der Waals surface area contributed by atoms with Crippen molar-refractivity contribution >= 4 is 72.4 Å². The molecule has 2 aliphatic heterocycles. The minimum absolute atomic E-state index is 0.0408. The number of nitrogen functional groups attached to an aromatic ring is 2. The van der Waals surface area contributed by atoms with Gasteiger partial charge in [-0.05, 0) is 17.9 Å². The summed E-state index contributed by atoms with van der Waals surface area (Å²) in [6.07, 6.45) is -4.48. The zero-order chi connectivity index (χ0) is 31.8. The molecule has 4 aromatic rings. The first-order chi connectivity index (χ1) is 21.0. The van der Waals surface area contributed by atoms with Crippen LogP contribution in [0.3, 0.4) is 0 Å². The summed E-state index contributed by atoms with van der Waals surface area (Å²) in [7, 11) is -0.139. The Labute approximate surface area is 258 Å². The summed E-state index contributed by atoms with van der Waals surface area (Å²) >= 11 is 8.34.